The largest absolute Gasteiger partial charge is 0.488 e. The van der Waals surface area contributed by atoms with Crippen molar-refractivity contribution in [3.63, 3.8) is 0 Å². The molecule has 0 atom stereocenters. The van der Waals surface area contributed by atoms with Crippen molar-refractivity contribution < 1.29 is 18.7 Å². The lowest BCUT2D eigenvalue weighted by Gasteiger charge is -2.13. The maximum absolute atomic E-state index is 14.6. The monoisotopic (exact) mass is 361 g/mol. The highest BCUT2D eigenvalue weighted by atomic mass is 19.1. The number of benzene rings is 3. The normalized spacial score (nSPS) is 10.1. The molecule has 3 aromatic carbocycles. The Morgan fingerprint density at radius 3 is 2.07 bits per heavy atom. The minimum atomic E-state index is -0.936. The highest BCUT2D eigenvalue weighted by Gasteiger charge is 2.23. The van der Waals surface area contributed by atoms with Crippen LogP contribution in [0.2, 0.25) is 0 Å². The van der Waals surface area contributed by atoms with Crippen LogP contribution in [0.1, 0.15) is 21.5 Å². The van der Waals surface area contributed by atoms with E-state index in [1.807, 2.05) is 48.5 Å². The Morgan fingerprint density at radius 1 is 0.889 bits per heavy atom. The van der Waals surface area contributed by atoms with E-state index in [2.05, 4.69) is 4.85 Å². The number of nitrogens with zero attached hydrogens (tertiary/aromatic N) is 1. The van der Waals surface area contributed by atoms with Gasteiger partial charge in [-0.1, -0.05) is 60.7 Å². The van der Waals surface area contributed by atoms with Gasteiger partial charge in [0.05, 0.1) is 6.57 Å². The number of hydrogen-bond acceptors (Lipinski definition) is 3. The summed E-state index contributed by atoms with van der Waals surface area (Å²) in [6.45, 7) is 7.22. The molecule has 134 valence electrons. The van der Waals surface area contributed by atoms with Gasteiger partial charge in [0.2, 0.25) is 5.69 Å². The Kier molecular flexibility index (Phi) is 5.80. The Balaban J connectivity index is 1.82. The van der Waals surface area contributed by atoms with Gasteiger partial charge in [-0.3, -0.25) is 0 Å². The SMILES string of the molecule is [C-]#[N+]c1ccc(OCc2ccccc2)c(C(=O)OCc2ccccc2)c1F. The highest BCUT2D eigenvalue weighted by Crippen LogP contribution is 2.31. The lowest BCUT2D eigenvalue weighted by Crippen LogP contribution is -2.11. The average molecular weight is 361 g/mol. The quantitative estimate of drug-likeness (QED) is 0.441. The molecule has 0 N–H and O–H groups in total. The molecule has 0 aliphatic heterocycles. The first kappa shape index (κ1) is 18.2. The van der Waals surface area contributed by atoms with E-state index in [0.29, 0.717) is 0 Å². The lowest BCUT2D eigenvalue weighted by atomic mass is 10.1. The molecule has 0 radical (unpaired) electrons. The summed E-state index contributed by atoms with van der Waals surface area (Å²) in [5.74, 6) is -1.76. The Labute approximate surface area is 156 Å². The second-order valence-electron chi connectivity index (χ2n) is 5.72. The van der Waals surface area contributed by atoms with Crippen molar-refractivity contribution >= 4 is 11.7 Å². The van der Waals surface area contributed by atoms with Crippen LogP contribution in [-0.2, 0) is 18.0 Å². The number of halogens is 1. The van der Waals surface area contributed by atoms with E-state index in [9.17, 15) is 9.18 Å². The fraction of sp³-hybridized carbons (Fsp3) is 0.0909. The topological polar surface area (TPSA) is 39.9 Å². The predicted molar refractivity (Wildman–Crippen MR) is 99.0 cm³/mol. The summed E-state index contributed by atoms with van der Waals surface area (Å²) >= 11 is 0. The van der Waals surface area contributed by atoms with Gasteiger partial charge < -0.3 is 9.47 Å². The van der Waals surface area contributed by atoms with Gasteiger partial charge in [0, 0.05) is 0 Å². The van der Waals surface area contributed by atoms with Crippen LogP contribution in [-0.4, -0.2) is 5.97 Å². The van der Waals surface area contributed by atoms with Crippen LogP contribution in [0.3, 0.4) is 0 Å². The molecule has 0 saturated heterocycles. The van der Waals surface area contributed by atoms with Gasteiger partial charge in [0.1, 0.15) is 30.3 Å². The second kappa shape index (κ2) is 8.63. The summed E-state index contributed by atoms with van der Waals surface area (Å²) in [5.41, 5.74) is 1.03. The second-order valence-corrected chi connectivity index (χ2v) is 5.72. The first-order chi connectivity index (χ1) is 13.2. The molecule has 3 rings (SSSR count). The number of carbonyl (C=O) groups is 1. The van der Waals surface area contributed by atoms with Crippen molar-refractivity contribution in [3.05, 3.63) is 107 Å². The maximum Gasteiger partial charge on any atom is 0.343 e. The molecule has 0 amide bonds. The molecule has 0 heterocycles. The summed E-state index contributed by atoms with van der Waals surface area (Å²) in [5, 5.41) is 0. The number of carbonyl (C=O) groups excluding carboxylic acids is 1. The maximum atomic E-state index is 14.6. The molecule has 0 fully saturated rings. The standard InChI is InChI=1S/C22H16FNO3/c1-24-18-12-13-19(26-14-16-8-4-2-5-9-16)20(21(18)23)22(25)27-15-17-10-6-3-7-11-17/h2-13H,14-15H2. The van der Waals surface area contributed by atoms with E-state index in [1.54, 1.807) is 12.1 Å². The van der Waals surface area contributed by atoms with Crippen LogP contribution in [0.4, 0.5) is 10.1 Å². The molecule has 0 spiro atoms. The first-order valence-electron chi connectivity index (χ1n) is 8.27. The van der Waals surface area contributed by atoms with Crippen molar-refractivity contribution in [2.75, 3.05) is 0 Å². The molecule has 0 unspecified atom stereocenters. The van der Waals surface area contributed by atoms with Crippen LogP contribution < -0.4 is 4.74 Å². The van der Waals surface area contributed by atoms with Crippen LogP contribution in [0, 0.1) is 12.4 Å². The van der Waals surface area contributed by atoms with Crippen LogP contribution in [0.5, 0.6) is 5.75 Å². The van der Waals surface area contributed by atoms with Gasteiger partial charge >= 0.3 is 5.97 Å². The van der Waals surface area contributed by atoms with Crippen molar-refractivity contribution in [1.29, 1.82) is 0 Å². The highest BCUT2D eigenvalue weighted by molar-refractivity contribution is 5.94. The molecule has 0 aromatic heterocycles. The Hall–Kier alpha value is -3.65. The van der Waals surface area contributed by atoms with Gasteiger partial charge in [-0.15, -0.1) is 0 Å². The van der Waals surface area contributed by atoms with E-state index >= 15 is 0 Å². The predicted octanol–water partition coefficient (Wildman–Crippen LogP) is 5.31. The lowest BCUT2D eigenvalue weighted by molar-refractivity contribution is 0.0462. The van der Waals surface area contributed by atoms with Gasteiger partial charge in [-0.05, 0) is 23.3 Å². The molecule has 0 bridgehead atoms. The van der Waals surface area contributed by atoms with Crippen LogP contribution >= 0.6 is 0 Å². The van der Waals surface area contributed by atoms with Gasteiger partial charge in [0.25, 0.3) is 0 Å². The zero-order valence-electron chi connectivity index (χ0n) is 14.4. The molecular weight excluding hydrogens is 345 g/mol. The van der Waals surface area contributed by atoms with Crippen molar-refractivity contribution in [1.82, 2.24) is 0 Å². The number of ether oxygens (including phenoxy) is 2. The summed E-state index contributed by atoms with van der Waals surface area (Å²) in [4.78, 5) is 15.6. The van der Waals surface area contributed by atoms with Crippen LogP contribution in [0.25, 0.3) is 4.85 Å². The molecule has 0 aliphatic carbocycles. The fourth-order valence-corrected chi connectivity index (χ4v) is 2.47. The molecule has 4 nitrogen and oxygen atoms in total. The van der Waals surface area contributed by atoms with Gasteiger partial charge in [-0.25, -0.2) is 14.0 Å². The molecule has 27 heavy (non-hydrogen) atoms. The summed E-state index contributed by atoms with van der Waals surface area (Å²) in [7, 11) is 0. The summed E-state index contributed by atoms with van der Waals surface area (Å²) < 4.78 is 25.5. The van der Waals surface area contributed by atoms with E-state index in [1.165, 1.54) is 12.1 Å². The van der Waals surface area contributed by atoms with E-state index in [-0.39, 0.29) is 30.2 Å². The Morgan fingerprint density at radius 2 is 1.48 bits per heavy atom. The zero-order chi connectivity index (χ0) is 19.1. The molecule has 3 aromatic rings. The fourth-order valence-electron chi connectivity index (χ4n) is 2.47. The zero-order valence-corrected chi connectivity index (χ0v) is 14.4. The van der Waals surface area contributed by atoms with Crippen LogP contribution in [0.15, 0.2) is 72.8 Å². The van der Waals surface area contributed by atoms with Gasteiger partial charge in [0.15, 0.2) is 0 Å². The third-order valence-electron chi connectivity index (χ3n) is 3.86. The van der Waals surface area contributed by atoms with E-state index in [4.69, 9.17) is 16.0 Å². The average Bonchev–Trinajstić information content (AvgIpc) is 2.72. The minimum absolute atomic E-state index is 0.000512. The number of hydrogen-bond donors (Lipinski definition) is 0. The molecule has 0 saturated carbocycles. The third kappa shape index (κ3) is 4.50. The van der Waals surface area contributed by atoms with Crippen molar-refractivity contribution in [3.8, 4) is 5.75 Å². The Bertz CT molecular complexity index is 966. The van der Waals surface area contributed by atoms with Crippen molar-refractivity contribution in [2.24, 2.45) is 0 Å². The molecule has 5 heteroatoms. The van der Waals surface area contributed by atoms with Gasteiger partial charge in [-0.2, -0.15) is 0 Å². The number of rotatable bonds is 6. The van der Waals surface area contributed by atoms with Crippen molar-refractivity contribution in [2.45, 2.75) is 13.2 Å². The smallest absolute Gasteiger partial charge is 0.343 e. The molecule has 0 aliphatic rings. The molecular formula is C22H16FNO3. The summed E-state index contributed by atoms with van der Waals surface area (Å²) in [6, 6.07) is 21.1. The first-order valence-corrected chi connectivity index (χ1v) is 8.27. The minimum Gasteiger partial charge on any atom is -0.488 e. The number of esters is 1. The van der Waals surface area contributed by atoms with E-state index < -0.39 is 11.8 Å². The third-order valence-corrected chi connectivity index (χ3v) is 3.86. The van der Waals surface area contributed by atoms with E-state index in [0.717, 1.165) is 11.1 Å². The summed E-state index contributed by atoms with van der Waals surface area (Å²) in [6.07, 6.45) is 0.